The van der Waals surface area contributed by atoms with Crippen LogP contribution in [0.25, 0.3) is 0 Å². The second-order valence-electron chi connectivity index (χ2n) is 5.11. The standard InChI is InChI=1S/C16H18N2O4/c1-10-4-6-13(7-5-10)9-15(19)21-12(3)16(20)17-14-8-11(2)22-18-14/h4-8,12H,9H2,1-3H3,(H,17,18,20). The highest BCUT2D eigenvalue weighted by Gasteiger charge is 2.19. The molecule has 1 heterocycles. The second-order valence-corrected chi connectivity index (χ2v) is 5.11. The number of esters is 1. The normalized spacial score (nSPS) is 11.8. The van der Waals surface area contributed by atoms with Crippen molar-refractivity contribution in [3.05, 3.63) is 47.2 Å². The molecule has 0 fully saturated rings. The monoisotopic (exact) mass is 302 g/mol. The number of benzene rings is 1. The Morgan fingerprint density at radius 2 is 1.95 bits per heavy atom. The first-order valence-electron chi connectivity index (χ1n) is 6.93. The third-order valence-corrected chi connectivity index (χ3v) is 3.03. The smallest absolute Gasteiger partial charge is 0.311 e. The van der Waals surface area contributed by atoms with Crippen LogP contribution in [0.5, 0.6) is 0 Å². The van der Waals surface area contributed by atoms with Crippen LogP contribution in [-0.4, -0.2) is 23.1 Å². The Kier molecular flexibility index (Phi) is 4.93. The van der Waals surface area contributed by atoms with E-state index in [-0.39, 0.29) is 6.42 Å². The summed E-state index contributed by atoms with van der Waals surface area (Å²) in [7, 11) is 0. The molecule has 0 saturated heterocycles. The number of hydrogen-bond acceptors (Lipinski definition) is 5. The number of carbonyl (C=O) groups excluding carboxylic acids is 2. The predicted octanol–water partition coefficient (Wildman–Crippen LogP) is 2.40. The van der Waals surface area contributed by atoms with Crippen molar-refractivity contribution in [3.8, 4) is 0 Å². The molecule has 116 valence electrons. The van der Waals surface area contributed by atoms with Crippen LogP contribution in [0.1, 0.15) is 23.8 Å². The van der Waals surface area contributed by atoms with Crippen molar-refractivity contribution in [2.45, 2.75) is 33.3 Å². The summed E-state index contributed by atoms with van der Waals surface area (Å²) in [5.41, 5.74) is 1.96. The lowest BCUT2D eigenvalue weighted by atomic mass is 10.1. The molecule has 0 aliphatic rings. The van der Waals surface area contributed by atoms with Crippen molar-refractivity contribution >= 4 is 17.7 Å². The van der Waals surface area contributed by atoms with Gasteiger partial charge in [-0.2, -0.15) is 0 Å². The van der Waals surface area contributed by atoms with Crippen LogP contribution in [0.4, 0.5) is 5.82 Å². The average molecular weight is 302 g/mol. The highest BCUT2D eigenvalue weighted by molar-refractivity contribution is 5.94. The van der Waals surface area contributed by atoms with Crippen molar-refractivity contribution in [1.82, 2.24) is 5.16 Å². The minimum absolute atomic E-state index is 0.126. The number of anilines is 1. The highest BCUT2D eigenvalue weighted by atomic mass is 16.5. The molecular formula is C16H18N2O4. The number of nitrogens with zero attached hydrogens (tertiary/aromatic N) is 1. The van der Waals surface area contributed by atoms with Gasteiger partial charge in [0.05, 0.1) is 6.42 Å². The number of hydrogen-bond donors (Lipinski definition) is 1. The van der Waals surface area contributed by atoms with Gasteiger partial charge in [0.25, 0.3) is 5.91 Å². The van der Waals surface area contributed by atoms with Crippen LogP contribution in [0.2, 0.25) is 0 Å². The first-order valence-corrected chi connectivity index (χ1v) is 6.93. The van der Waals surface area contributed by atoms with Crippen LogP contribution in [0.3, 0.4) is 0 Å². The van der Waals surface area contributed by atoms with Crippen LogP contribution >= 0.6 is 0 Å². The summed E-state index contributed by atoms with van der Waals surface area (Å²) in [6.45, 7) is 5.20. The summed E-state index contributed by atoms with van der Waals surface area (Å²) in [4.78, 5) is 23.7. The predicted molar refractivity (Wildman–Crippen MR) is 80.3 cm³/mol. The summed E-state index contributed by atoms with van der Waals surface area (Å²) in [6.07, 6.45) is -0.781. The molecule has 0 aliphatic carbocycles. The Labute approximate surface area is 128 Å². The van der Waals surface area contributed by atoms with Crippen molar-refractivity contribution in [2.24, 2.45) is 0 Å². The quantitative estimate of drug-likeness (QED) is 0.858. The molecule has 22 heavy (non-hydrogen) atoms. The summed E-state index contributed by atoms with van der Waals surface area (Å²) in [5, 5.41) is 6.16. The molecule has 1 unspecified atom stereocenters. The van der Waals surface area contributed by atoms with Gasteiger partial charge in [0.1, 0.15) is 5.76 Å². The third-order valence-electron chi connectivity index (χ3n) is 3.03. The van der Waals surface area contributed by atoms with Crippen molar-refractivity contribution < 1.29 is 18.8 Å². The van der Waals surface area contributed by atoms with E-state index in [1.54, 1.807) is 13.0 Å². The van der Waals surface area contributed by atoms with Crippen LogP contribution in [0, 0.1) is 13.8 Å². The van der Waals surface area contributed by atoms with Gasteiger partial charge in [0.2, 0.25) is 0 Å². The molecule has 1 amide bonds. The van der Waals surface area contributed by atoms with E-state index in [2.05, 4.69) is 10.5 Å². The van der Waals surface area contributed by atoms with Crippen LogP contribution in [0.15, 0.2) is 34.9 Å². The van der Waals surface area contributed by atoms with E-state index in [0.29, 0.717) is 11.6 Å². The average Bonchev–Trinajstić information content (AvgIpc) is 2.86. The molecule has 0 aliphatic heterocycles. The molecule has 0 saturated carbocycles. The number of amides is 1. The molecule has 0 bridgehead atoms. The zero-order valence-corrected chi connectivity index (χ0v) is 12.8. The van der Waals surface area contributed by atoms with E-state index in [1.807, 2.05) is 31.2 Å². The first kappa shape index (κ1) is 15.8. The first-order chi connectivity index (χ1) is 10.4. The SMILES string of the molecule is Cc1ccc(CC(=O)OC(C)C(=O)Nc2cc(C)on2)cc1. The molecular weight excluding hydrogens is 284 g/mol. The molecule has 1 aromatic carbocycles. The fourth-order valence-electron chi connectivity index (χ4n) is 1.82. The van der Waals surface area contributed by atoms with E-state index in [0.717, 1.165) is 11.1 Å². The number of rotatable bonds is 5. The molecule has 0 radical (unpaired) electrons. The summed E-state index contributed by atoms with van der Waals surface area (Å²) >= 11 is 0. The van der Waals surface area contributed by atoms with Crippen molar-refractivity contribution in [3.63, 3.8) is 0 Å². The lowest BCUT2D eigenvalue weighted by Crippen LogP contribution is -2.30. The topological polar surface area (TPSA) is 81.4 Å². The Morgan fingerprint density at radius 3 is 2.55 bits per heavy atom. The fourth-order valence-corrected chi connectivity index (χ4v) is 1.82. The maximum Gasteiger partial charge on any atom is 0.311 e. The molecule has 2 aromatic rings. The van der Waals surface area contributed by atoms with Gasteiger partial charge in [-0.3, -0.25) is 9.59 Å². The van der Waals surface area contributed by atoms with E-state index in [1.165, 1.54) is 6.92 Å². The van der Waals surface area contributed by atoms with Gasteiger partial charge < -0.3 is 14.6 Å². The zero-order chi connectivity index (χ0) is 16.1. The van der Waals surface area contributed by atoms with Crippen LogP contribution in [-0.2, 0) is 20.7 Å². The van der Waals surface area contributed by atoms with Gasteiger partial charge in [-0.05, 0) is 26.3 Å². The molecule has 6 heteroatoms. The maximum absolute atomic E-state index is 11.9. The summed E-state index contributed by atoms with van der Waals surface area (Å²) < 4.78 is 9.96. The number of nitrogens with one attached hydrogen (secondary N) is 1. The van der Waals surface area contributed by atoms with Gasteiger partial charge in [0.15, 0.2) is 11.9 Å². The van der Waals surface area contributed by atoms with E-state index >= 15 is 0 Å². The molecule has 1 N–H and O–H groups in total. The molecule has 2 rings (SSSR count). The maximum atomic E-state index is 11.9. The van der Waals surface area contributed by atoms with Gasteiger partial charge in [-0.25, -0.2) is 0 Å². The van der Waals surface area contributed by atoms with E-state index in [4.69, 9.17) is 9.26 Å². The second kappa shape index (κ2) is 6.89. The Morgan fingerprint density at radius 1 is 1.27 bits per heavy atom. The lowest BCUT2D eigenvalue weighted by Gasteiger charge is -2.12. The largest absolute Gasteiger partial charge is 0.452 e. The fraction of sp³-hybridized carbons (Fsp3) is 0.312. The molecule has 0 spiro atoms. The summed E-state index contributed by atoms with van der Waals surface area (Å²) in [5.74, 6) is -0.0309. The summed E-state index contributed by atoms with van der Waals surface area (Å²) in [6, 6.07) is 9.15. The van der Waals surface area contributed by atoms with Crippen molar-refractivity contribution in [2.75, 3.05) is 5.32 Å². The van der Waals surface area contributed by atoms with Gasteiger partial charge in [-0.1, -0.05) is 35.0 Å². The van der Waals surface area contributed by atoms with Crippen LogP contribution < -0.4 is 5.32 Å². The number of ether oxygens (including phenoxy) is 1. The minimum Gasteiger partial charge on any atom is -0.452 e. The Balaban J connectivity index is 1.85. The Hall–Kier alpha value is -2.63. The van der Waals surface area contributed by atoms with E-state index in [9.17, 15) is 9.59 Å². The zero-order valence-electron chi connectivity index (χ0n) is 12.8. The number of carbonyl (C=O) groups is 2. The van der Waals surface area contributed by atoms with E-state index < -0.39 is 18.0 Å². The number of aromatic nitrogens is 1. The van der Waals surface area contributed by atoms with Gasteiger partial charge in [0, 0.05) is 6.07 Å². The Bertz CT molecular complexity index is 661. The molecule has 6 nitrogen and oxygen atoms in total. The van der Waals surface area contributed by atoms with Gasteiger partial charge >= 0.3 is 5.97 Å². The lowest BCUT2D eigenvalue weighted by molar-refractivity contribution is -0.152. The number of aryl methyl sites for hydroxylation is 2. The molecule has 1 atom stereocenters. The molecule has 1 aromatic heterocycles. The minimum atomic E-state index is -0.907. The van der Waals surface area contributed by atoms with Gasteiger partial charge in [-0.15, -0.1) is 0 Å². The van der Waals surface area contributed by atoms with Crippen molar-refractivity contribution in [1.29, 1.82) is 0 Å². The highest BCUT2D eigenvalue weighted by Crippen LogP contribution is 2.09. The third kappa shape index (κ3) is 4.44.